The molecule has 4 nitrogen and oxygen atoms in total. The van der Waals surface area contributed by atoms with Crippen molar-refractivity contribution >= 4 is 5.91 Å². The fraction of sp³-hybridized carbons (Fsp3) is 0.350. The lowest BCUT2D eigenvalue weighted by Crippen LogP contribution is -2.43. The number of benzene rings is 2. The predicted octanol–water partition coefficient (Wildman–Crippen LogP) is 3.24. The van der Waals surface area contributed by atoms with Crippen molar-refractivity contribution in [2.24, 2.45) is 0 Å². The first-order chi connectivity index (χ1) is 11.6. The molecule has 2 N–H and O–H groups in total. The zero-order valence-corrected chi connectivity index (χ0v) is 14.6. The summed E-state index contributed by atoms with van der Waals surface area (Å²) < 4.78 is 5.73. The van der Waals surface area contributed by atoms with Gasteiger partial charge in [0.25, 0.3) is 5.91 Å². The highest BCUT2D eigenvalue weighted by molar-refractivity contribution is 5.80. The number of amides is 1. The number of carbonyl (C=O) groups excluding carboxylic acids is 1. The molecule has 2 rings (SSSR count). The molecule has 0 aliphatic heterocycles. The van der Waals surface area contributed by atoms with Gasteiger partial charge in [0.2, 0.25) is 0 Å². The number of nitrogens with one attached hydrogen (secondary N) is 2. The zero-order chi connectivity index (χ0) is 17.4. The summed E-state index contributed by atoms with van der Waals surface area (Å²) in [6.07, 6.45) is -0.526. The van der Waals surface area contributed by atoms with Crippen LogP contribution in [-0.2, 0) is 4.79 Å². The molecule has 0 aliphatic carbocycles. The summed E-state index contributed by atoms with van der Waals surface area (Å²) in [4.78, 5) is 12.1. The van der Waals surface area contributed by atoms with E-state index in [1.165, 1.54) is 0 Å². The van der Waals surface area contributed by atoms with E-state index in [-0.39, 0.29) is 11.9 Å². The van der Waals surface area contributed by atoms with Gasteiger partial charge in [-0.3, -0.25) is 4.79 Å². The molecule has 0 aliphatic rings. The molecule has 0 saturated heterocycles. The summed E-state index contributed by atoms with van der Waals surface area (Å²) in [7, 11) is 0. The molecule has 24 heavy (non-hydrogen) atoms. The third-order valence-corrected chi connectivity index (χ3v) is 3.78. The minimum atomic E-state index is -0.526. The van der Waals surface area contributed by atoms with Crippen molar-refractivity contribution in [2.75, 3.05) is 13.1 Å². The van der Waals surface area contributed by atoms with Crippen molar-refractivity contribution in [3.63, 3.8) is 0 Å². The summed E-state index contributed by atoms with van der Waals surface area (Å²) >= 11 is 0. The molecule has 0 heterocycles. The lowest BCUT2D eigenvalue weighted by Gasteiger charge is -2.17. The highest BCUT2D eigenvalue weighted by atomic mass is 16.5. The standard InChI is InChI=1S/C20H26N2O2/c1-4-21-15(2)14-22-20(23)16(3)24-19-12-10-18(11-13-19)17-8-6-5-7-9-17/h5-13,15-16,21H,4,14H2,1-3H3,(H,22,23)/t15-,16?/m1/s1. The molecular formula is C20H26N2O2. The van der Waals surface area contributed by atoms with Gasteiger partial charge in [-0.1, -0.05) is 49.4 Å². The minimum absolute atomic E-state index is 0.105. The second-order valence-corrected chi connectivity index (χ2v) is 5.85. The number of hydrogen-bond donors (Lipinski definition) is 2. The maximum atomic E-state index is 12.1. The van der Waals surface area contributed by atoms with Gasteiger partial charge in [-0.15, -0.1) is 0 Å². The maximum absolute atomic E-state index is 12.1. The molecule has 0 saturated carbocycles. The Balaban J connectivity index is 1.87. The Morgan fingerprint density at radius 2 is 1.62 bits per heavy atom. The van der Waals surface area contributed by atoms with Gasteiger partial charge >= 0.3 is 0 Å². The fourth-order valence-corrected chi connectivity index (χ4v) is 2.43. The van der Waals surface area contributed by atoms with E-state index in [4.69, 9.17) is 4.74 Å². The molecule has 0 radical (unpaired) electrons. The van der Waals surface area contributed by atoms with Crippen LogP contribution in [-0.4, -0.2) is 31.1 Å². The Bertz CT molecular complexity index is 626. The Labute approximate surface area is 144 Å². The summed E-state index contributed by atoms with van der Waals surface area (Å²) in [5, 5.41) is 6.15. The van der Waals surface area contributed by atoms with Gasteiger partial charge < -0.3 is 15.4 Å². The smallest absolute Gasteiger partial charge is 0.260 e. The van der Waals surface area contributed by atoms with Crippen molar-refractivity contribution in [1.29, 1.82) is 0 Å². The predicted molar refractivity (Wildman–Crippen MR) is 98.1 cm³/mol. The van der Waals surface area contributed by atoms with Crippen molar-refractivity contribution in [1.82, 2.24) is 10.6 Å². The van der Waals surface area contributed by atoms with Gasteiger partial charge in [0.1, 0.15) is 5.75 Å². The molecule has 2 aromatic rings. The van der Waals surface area contributed by atoms with Crippen molar-refractivity contribution in [2.45, 2.75) is 32.9 Å². The quantitative estimate of drug-likeness (QED) is 0.783. The van der Waals surface area contributed by atoms with Crippen LogP contribution in [0.1, 0.15) is 20.8 Å². The van der Waals surface area contributed by atoms with E-state index in [9.17, 15) is 4.79 Å². The van der Waals surface area contributed by atoms with Crippen molar-refractivity contribution in [3.05, 3.63) is 54.6 Å². The van der Waals surface area contributed by atoms with Crippen LogP contribution in [0.4, 0.5) is 0 Å². The average Bonchev–Trinajstić information content (AvgIpc) is 2.61. The SMILES string of the molecule is CCN[C@H](C)CNC(=O)C(C)Oc1ccc(-c2ccccc2)cc1. The van der Waals surface area contributed by atoms with Gasteiger partial charge in [-0.2, -0.15) is 0 Å². The molecular weight excluding hydrogens is 300 g/mol. The number of hydrogen-bond acceptors (Lipinski definition) is 3. The van der Waals surface area contributed by atoms with Crippen LogP contribution in [0, 0.1) is 0 Å². The third-order valence-electron chi connectivity index (χ3n) is 3.78. The Morgan fingerprint density at radius 1 is 1.00 bits per heavy atom. The molecule has 0 spiro atoms. The van der Waals surface area contributed by atoms with E-state index in [2.05, 4.69) is 22.8 Å². The topological polar surface area (TPSA) is 50.4 Å². The number of rotatable bonds is 8. The van der Waals surface area contributed by atoms with E-state index in [1.807, 2.05) is 56.3 Å². The molecule has 0 bridgehead atoms. The Kier molecular flexibility index (Phi) is 6.82. The van der Waals surface area contributed by atoms with Crippen LogP contribution in [0.2, 0.25) is 0 Å². The largest absolute Gasteiger partial charge is 0.481 e. The van der Waals surface area contributed by atoms with Crippen molar-refractivity contribution < 1.29 is 9.53 Å². The molecule has 2 aromatic carbocycles. The number of likely N-dealkylation sites (N-methyl/N-ethyl adjacent to an activating group) is 1. The van der Waals surface area contributed by atoms with Crippen molar-refractivity contribution in [3.8, 4) is 16.9 Å². The first-order valence-corrected chi connectivity index (χ1v) is 8.43. The summed E-state index contributed by atoms with van der Waals surface area (Å²) in [5.41, 5.74) is 2.28. The third kappa shape index (κ3) is 5.39. The first-order valence-electron chi connectivity index (χ1n) is 8.43. The van der Waals surface area contributed by atoms with Gasteiger partial charge in [-0.25, -0.2) is 0 Å². The Hall–Kier alpha value is -2.33. The van der Waals surface area contributed by atoms with Crippen LogP contribution >= 0.6 is 0 Å². The fourth-order valence-electron chi connectivity index (χ4n) is 2.43. The normalized spacial score (nSPS) is 13.1. The first kappa shape index (κ1) is 18.0. The van der Waals surface area contributed by atoms with Gasteiger partial charge in [0.05, 0.1) is 0 Å². The molecule has 1 amide bonds. The molecule has 2 atom stereocenters. The molecule has 0 fully saturated rings. The molecule has 4 heteroatoms. The summed E-state index contributed by atoms with van der Waals surface area (Å²) in [6.45, 7) is 7.32. The van der Waals surface area contributed by atoms with E-state index in [0.717, 1.165) is 17.7 Å². The number of ether oxygens (including phenoxy) is 1. The monoisotopic (exact) mass is 326 g/mol. The second kappa shape index (κ2) is 9.08. The Morgan fingerprint density at radius 3 is 2.25 bits per heavy atom. The summed E-state index contributed by atoms with van der Waals surface area (Å²) in [5.74, 6) is 0.587. The van der Waals surface area contributed by atoms with Crippen LogP contribution in [0.5, 0.6) is 5.75 Å². The van der Waals surface area contributed by atoms with Crippen LogP contribution in [0.15, 0.2) is 54.6 Å². The van der Waals surface area contributed by atoms with E-state index >= 15 is 0 Å². The zero-order valence-electron chi connectivity index (χ0n) is 14.6. The maximum Gasteiger partial charge on any atom is 0.260 e. The summed E-state index contributed by atoms with van der Waals surface area (Å²) in [6, 6.07) is 18.2. The molecule has 1 unspecified atom stereocenters. The molecule has 0 aromatic heterocycles. The molecule has 128 valence electrons. The van der Waals surface area contributed by atoms with Crippen LogP contribution in [0.25, 0.3) is 11.1 Å². The van der Waals surface area contributed by atoms with Gasteiger partial charge in [0, 0.05) is 12.6 Å². The van der Waals surface area contributed by atoms with Gasteiger partial charge in [-0.05, 0) is 43.7 Å². The highest BCUT2D eigenvalue weighted by Gasteiger charge is 2.15. The lowest BCUT2D eigenvalue weighted by molar-refractivity contribution is -0.127. The number of carbonyl (C=O) groups is 1. The average molecular weight is 326 g/mol. The van der Waals surface area contributed by atoms with E-state index in [0.29, 0.717) is 12.3 Å². The van der Waals surface area contributed by atoms with E-state index in [1.54, 1.807) is 6.92 Å². The second-order valence-electron chi connectivity index (χ2n) is 5.85. The van der Waals surface area contributed by atoms with E-state index < -0.39 is 6.10 Å². The van der Waals surface area contributed by atoms with Crippen LogP contribution < -0.4 is 15.4 Å². The minimum Gasteiger partial charge on any atom is -0.481 e. The lowest BCUT2D eigenvalue weighted by atomic mass is 10.1. The highest BCUT2D eigenvalue weighted by Crippen LogP contribution is 2.22. The van der Waals surface area contributed by atoms with Gasteiger partial charge in [0.15, 0.2) is 6.10 Å². The van der Waals surface area contributed by atoms with Crippen LogP contribution in [0.3, 0.4) is 0 Å².